The number of nitrogens with one attached hydrogen (secondary N) is 1. The van der Waals surface area contributed by atoms with E-state index in [0.717, 1.165) is 6.04 Å². The third-order valence-corrected chi connectivity index (χ3v) is 4.04. The van der Waals surface area contributed by atoms with Crippen molar-refractivity contribution in [2.75, 3.05) is 31.6 Å². The van der Waals surface area contributed by atoms with Crippen molar-refractivity contribution in [2.45, 2.75) is 45.2 Å². The molecule has 0 aromatic carbocycles. The van der Waals surface area contributed by atoms with Gasteiger partial charge < -0.3 is 10.2 Å². The summed E-state index contributed by atoms with van der Waals surface area (Å²) in [4.78, 5) is 2.57. The van der Waals surface area contributed by atoms with Crippen molar-refractivity contribution in [3.05, 3.63) is 0 Å². The van der Waals surface area contributed by atoms with E-state index in [-0.39, 0.29) is 0 Å². The van der Waals surface area contributed by atoms with E-state index in [1.807, 2.05) is 11.8 Å². The van der Waals surface area contributed by atoms with Crippen LogP contribution in [0.3, 0.4) is 0 Å². The van der Waals surface area contributed by atoms with Crippen molar-refractivity contribution in [3.8, 4) is 0 Å². The molecule has 0 bridgehead atoms. The van der Waals surface area contributed by atoms with Crippen LogP contribution in [0.2, 0.25) is 0 Å². The second kappa shape index (κ2) is 7.53. The lowest BCUT2D eigenvalue weighted by molar-refractivity contribution is 0.296. The van der Waals surface area contributed by atoms with Gasteiger partial charge >= 0.3 is 0 Å². The molecule has 0 aromatic rings. The van der Waals surface area contributed by atoms with Gasteiger partial charge in [-0.15, -0.1) is 0 Å². The maximum atomic E-state index is 3.76. The molecule has 1 fully saturated rings. The molecule has 2 atom stereocenters. The molecule has 0 spiro atoms. The maximum absolute atomic E-state index is 3.76. The SMILES string of the molecule is CCN1CCCC(NC(C)CSC)CC1. The number of likely N-dealkylation sites (tertiary alicyclic amines) is 1. The predicted molar refractivity (Wildman–Crippen MR) is 70.7 cm³/mol. The highest BCUT2D eigenvalue weighted by Gasteiger charge is 2.16. The monoisotopic (exact) mass is 230 g/mol. The van der Waals surface area contributed by atoms with Crippen molar-refractivity contribution in [1.29, 1.82) is 0 Å². The highest BCUT2D eigenvalue weighted by Crippen LogP contribution is 2.12. The molecule has 1 aliphatic rings. The number of hydrogen-bond donors (Lipinski definition) is 1. The largest absolute Gasteiger partial charge is 0.311 e. The average Bonchev–Trinajstić information content (AvgIpc) is 2.43. The number of rotatable bonds is 5. The van der Waals surface area contributed by atoms with Gasteiger partial charge in [0.25, 0.3) is 0 Å². The molecule has 0 saturated carbocycles. The lowest BCUT2D eigenvalue weighted by Gasteiger charge is -2.22. The Morgan fingerprint density at radius 1 is 1.40 bits per heavy atom. The van der Waals surface area contributed by atoms with Gasteiger partial charge in [0.05, 0.1) is 0 Å². The first kappa shape index (κ1) is 13.3. The first-order chi connectivity index (χ1) is 7.26. The number of thioether (sulfide) groups is 1. The van der Waals surface area contributed by atoms with E-state index in [4.69, 9.17) is 0 Å². The van der Waals surface area contributed by atoms with Gasteiger partial charge in [0, 0.05) is 17.8 Å². The summed E-state index contributed by atoms with van der Waals surface area (Å²) in [5.74, 6) is 1.23. The van der Waals surface area contributed by atoms with Crippen molar-refractivity contribution in [3.63, 3.8) is 0 Å². The minimum absolute atomic E-state index is 0.665. The van der Waals surface area contributed by atoms with Crippen molar-refractivity contribution in [2.24, 2.45) is 0 Å². The molecule has 0 aromatic heterocycles. The minimum Gasteiger partial charge on any atom is -0.311 e. The van der Waals surface area contributed by atoms with Crippen LogP contribution in [0.1, 0.15) is 33.1 Å². The maximum Gasteiger partial charge on any atom is 0.0132 e. The van der Waals surface area contributed by atoms with Crippen LogP contribution in [0.25, 0.3) is 0 Å². The zero-order valence-electron chi connectivity index (χ0n) is 10.5. The molecule has 0 radical (unpaired) electrons. The van der Waals surface area contributed by atoms with Crippen LogP contribution in [0, 0.1) is 0 Å². The molecular formula is C12H26N2S. The summed E-state index contributed by atoms with van der Waals surface area (Å²) >= 11 is 1.94. The lowest BCUT2D eigenvalue weighted by Crippen LogP contribution is -2.38. The van der Waals surface area contributed by atoms with E-state index in [0.29, 0.717) is 6.04 Å². The van der Waals surface area contributed by atoms with Crippen LogP contribution < -0.4 is 5.32 Å². The minimum atomic E-state index is 0.665. The fourth-order valence-corrected chi connectivity index (χ4v) is 2.94. The van der Waals surface area contributed by atoms with Crippen LogP contribution in [-0.2, 0) is 0 Å². The van der Waals surface area contributed by atoms with Crippen LogP contribution in [-0.4, -0.2) is 48.6 Å². The highest BCUT2D eigenvalue weighted by molar-refractivity contribution is 7.98. The first-order valence-electron chi connectivity index (χ1n) is 6.23. The zero-order valence-corrected chi connectivity index (χ0v) is 11.3. The molecule has 1 aliphatic heterocycles. The van der Waals surface area contributed by atoms with Gasteiger partial charge in [-0.1, -0.05) is 6.92 Å². The Bertz CT molecular complexity index is 164. The third kappa shape index (κ3) is 5.23. The smallest absolute Gasteiger partial charge is 0.0132 e. The summed E-state index contributed by atoms with van der Waals surface area (Å²) in [6.07, 6.45) is 6.23. The Labute approximate surface area is 99.2 Å². The topological polar surface area (TPSA) is 15.3 Å². The van der Waals surface area contributed by atoms with Gasteiger partial charge in [-0.2, -0.15) is 11.8 Å². The van der Waals surface area contributed by atoms with Gasteiger partial charge in [-0.05, 0) is 52.1 Å². The first-order valence-corrected chi connectivity index (χ1v) is 7.63. The molecule has 2 unspecified atom stereocenters. The molecular weight excluding hydrogens is 204 g/mol. The van der Waals surface area contributed by atoms with E-state index in [2.05, 4.69) is 30.3 Å². The Morgan fingerprint density at radius 3 is 2.87 bits per heavy atom. The zero-order chi connectivity index (χ0) is 11.1. The second-order valence-electron chi connectivity index (χ2n) is 4.59. The number of hydrogen-bond acceptors (Lipinski definition) is 3. The Kier molecular flexibility index (Phi) is 6.69. The summed E-state index contributed by atoms with van der Waals surface area (Å²) in [5, 5.41) is 3.76. The molecule has 90 valence electrons. The summed E-state index contributed by atoms with van der Waals surface area (Å²) < 4.78 is 0. The fraction of sp³-hybridized carbons (Fsp3) is 1.00. The molecule has 3 heteroatoms. The van der Waals surface area contributed by atoms with Crippen molar-refractivity contribution < 1.29 is 0 Å². The molecule has 1 N–H and O–H groups in total. The number of nitrogens with zero attached hydrogens (tertiary/aromatic N) is 1. The Balaban J connectivity index is 2.24. The van der Waals surface area contributed by atoms with Crippen LogP contribution in [0.4, 0.5) is 0 Å². The van der Waals surface area contributed by atoms with Crippen LogP contribution >= 0.6 is 11.8 Å². The molecule has 1 saturated heterocycles. The lowest BCUT2D eigenvalue weighted by atomic mass is 10.1. The second-order valence-corrected chi connectivity index (χ2v) is 5.50. The molecule has 15 heavy (non-hydrogen) atoms. The van der Waals surface area contributed by atoms with Gasteiger partial charge in [0.2, 0.25) is 0 Å². The van der Waals surface area contributed by atoms with E-state index >= 15 is 0 Å². The summed E-state index contributed by atoms with van der Waals surface area (Å²) in [5.41, 5.74) is 0. The highest BCUT2D eigenvalue weighted by atomic mass is 32.2. The molecule has 2 nitrogen and oxygen atoms in total. The van der Waals surface area contributed by atoms with Gasteiger partial charge in [0.15, 0.2) is 0 Å². The standard InChI is InChI=1S/C12H26N2S/c1-4-14-8-5-6-12(7-9-14)13-11(2)10-15-3/h11-13H,4-10H2,1-3H3. The Morgan fingerprint density at radius 2 is 2.20 bits per heavy atom. The fourth-order valence-electron chi connectivity index (χ4n) is 2.34. The third-order valence-electron chi connectivity index (χ3n) is 3.20. The van der Waals surface area contributed by atoms with Gasteiger partial charge in [-0.25, -0.2) is 0 Å². The van der Waals surface area contributed by atoms with E-state index in [1.54, 1.807) is 0 Å². The van der Waals surface area contributed by atoms with Crippen molar-refractivity contribution in [1.82, 2.24) is 10.2 Å². The van der Waals surface area contributed by atoms with E-state index in [9.17, 15) is 0 Å². The van der Waals surface area contributed by atoms with Gasteiger partial charge in [0.1, 0.15) is 0 Å². The summed E-state index contributed by atoms with van der Waals surface area (Å²) in [6.45, 7) is 8.36. The van der Waals surface area contributed by atoms with Crippen LogP contribution in [0.15, 0.2) is 0 Å². The van der Waals surface area contributed by atoms with E-state index < -0.39 is 0 Å². The molecule has 0 aliphatic carbocycles. The quantitative estimate of drug-likeness (QED) is 0.779. The molecule has 0 amide bonds. The van der Waals surface area contributed by atoms with Crippen LogP contribution in [0.5, 0.6) is 0 Å². The normalized spacial score (nSPS) is 26.2. The average molecular weight is 230 g/mol. The van der Waals surface area contributed by atoms with Gasteiger partial charge in [-0.3, -0.25) is 0 Å². The summed E-state index contributed by atoms with van der Waals surface area (Å²) in [7, 11) is 0. The molecule has 1 heterocycles. The summed E-state index contributed by atoms with van der Waals surface area (Å²) in [6, 6.07) is 1.42. The van der Waals surface area contributed by atoms with E-state index in [1.165, 1.54) is 44.6 Å². The van der Waals surface area contributed by atoms with Crippen molar-refractivity contribution >= 4 is 11.8 Å². The predicted octanol–water partition coefficient (Wildman–Crippen LogP) is 2.20. The Hall–Kier alpha value is 0.270. The molecule has 1 rings (SSSR count).